The van der Waals surface area contributed by atoms with E-state index in [1.807, 2.05) is 12.2 Å². The summed E-state index contributed by atoms with van der Waals surface area (Å²) in [7, 11) is 0. The molecule has 8 aromatic rings. The average molecular weight is 785 g/mol. The molecule has 0 fully saturated rings. The Balaban J connectivity index is 1.03. The van der Waals surface area contributed by atoms with Gasteiger partial charge in [0.05, 0.1) is 11.2 Å². The molecule has 7 aromatic carbocycles. The highest BCUT2D eigenvalue weighted by Gasteiger charge is 2.36. The van der Waals surface area contributed by atoms with Gasteiger partial charge in [0.2, 0.25) is 0 Å². The van der Waals surface area contributed by atoms with Crippen molar-refractivity contribution in [2.45, 2.75) is 32.1 Å². The Bertz CT molecular complexity index is 3040. The molecule has 2 aliphatic rings. The highest BCUT2D eigenvalue weighted by atomic mass is 15.1. The van der Waals surface area contributed by atoms with E-state index in [-0.39, 0.29) is 5.41 Å². The first kappa shape index (κ1) is 37.8. The standard InChI is InChI=1S/C59H48N2/c1-5-16-41(6-2)43-25-33-47(34-26-43)60(48-35-27-44(28-36-48)42-17-8-7-9-18-42)49-37-29-45(30-38-49)46-31-39-50(40-32-46)61-56-24-15-12-21-53(56)57-51-19-10-13-22-54(51)59(3,4)55-23-14-11-20-52(55)58(57)61/h5-6,8,10-40H,1-2,7,9H2,3-4H3/b41-16+. The number of anilines is 3. The Morgan fingerprint density at radius 1 is 0.590 bits per heavy atom. The minimum absolute atomic E-state index is 0.168. The number of hydrogen-bond acceptors (Lipinski definition) is 1. The predicted molar refractivity (Wildman–Crippen MR) is 261 cm³/mol. The first-order valence-electron chi connectivity index (χ1n) is 21.3. The molecular formula is C59H48N2. The molecule has 0 atom stereocenters. The topological polar surface area (TPSA) is 8.17 Å². The van der Waals surface area contributed by atoms with Crippen LogP contribution in [-0.2, 0) is 5.41 Å². The molecule has 294 valence electrons. The smallest absolute Gasteiger partial charge is 0.0622 e. The lowest BCUT2D eigenvalue weighted by Crippen LogP contribution is -2.20. The number of rotatable bonds is 9. The Kier molecular flexibility index (Phi) is 9.70. The van der Waals surface area contributed by atoms with Crippen molar-refractivity contribution in [3.05, 3.63) is 242 Å². The molecule has 0 amide bonds. The van der Waals surface area contributed by atoms with E-state index in [0.29, 0.717) is 0 Å². The van der Waals surface area contributed by atoms with Gasteiger partial charge in [-0.05, 0) is 118 Å². The van der Waals surface area contributed by atoms with Gasteiger partial charge in [0.15, 0.2) is 0 Å². The molecule has 2 nitrogen and oxygen atoms in total. The summed E-state index contributed by atoms with van der Waals surface area (Å²) in [6.45, 7) is 12.6. The lowest BCUT2D eigenvalue weighted by molar-refractivity contribution is 0.646. The fourth-order valence-electron chi connectivity index (χ4n) is 9.56. The summed E-state index contributed by atoms with van der Waals surface area (Å²) in [6.07, 6.45) is 14.7. The van der Waals surface area contributed by atoms with E-state index < -0.39 is 0 Å². The van der Waals surface area contributed by atoms with Crippen LogP contribution in [0.15, 0.2) is 219 Å². The zero-order chi connectivity index (χ0) is 41.5. The summed E-state index contributed by atoms with van der Waals surface area (Å²) in [6, 6.07) is 62.5. The largest absolute Gasteiger partial charge is 0.311 e. The molecule has 2 heteroatoms. The lowest BCUT2D eigenvalue weighted by atomic mass is 9.75. The molecule has 1 aromatic heterocycles. The summed E-state index contributed by atoms with van der Waals surface area (Å²) in [5.74, 6) is 0. The molecule has 2 aliphatic carbocycles. The minimum Gasteiger partial charge on any atom is -0.311 e. The van der Waals surface area contributed by atoms with Crippen LogP contribution in [0.5, 0.6) is 0 Å². The van der Waals surface area contributed by atoms with Gasteiger partial charge in [-0.15, -0.1) is 0 Å². The number of para-hydroxylation sites is 1. The van der Waals surface area contributed by atoms with E-state index >= 15 is 0 Å². The van der Waals surface area contributed by atoms with E-state index in [1.54, 1.807) is 6.08 Å². The zero-order valence-corrected chi connectivity index (χ0v) is 34.9. The van der Waals surface area contributed by atoms with Gasteiger partial charge in [0.25, 0.3) is 0 Å². The van der Waals surface area contributed by atoms with Gasteiger partial charge in [0, 0.05) is 44.7 Å². The molecule has 0 aliphatic heterocycles. The van der Waals surface area contributed by atoms with Gasteiger partial charge in [-0.3, -0.25) is 0 Å². The van der Waals surface area contributed by atoms with Crippen molar-refractivity contribution in [2.75, 3.05) is 4.90 Å². The number of fused-ring (bicyclic) bond motifs is 7. The molecule has 10 rings (SSSR count). The van der Waals surface area contributed by atoms with Crippen LogP contribution in [0.3, 0.4) is 0 Å². The highest BCUT2D eigenvalue weighted by molar-refractivity contribution is 6.08. The Morgan fingerprint density at radius 2 is 1.15 bits per heavy atom. The number of hydrogen-bond donors (Lipinski definition) is 0. The number of aromatic nitrogens is 1. The molecule has 0 spiro atoms. The van der Waals surface area contributed by atoms with Crippen molar-refractivity contribution in [1.29, 1.82) is 0 Å². The summed E-state index contributed by atoms with van der Waals surface area (Å²) in [4.78, 5) is 2.33. The minimum atomic E-state index is -0.168. The van der Waals surface area contributed by atoms with Crippen molar-refractivity contribution < 1.29 is 0 Å². The van der Waals surface area contributed by atoms with E-state index in [4.69, 9.17) is 0 Å². The second-order valence-electron chi connectivity index (χ2n) is 16.5. The van der Waals surface area contributed by atoms with Gasteiger partial charge in [-0.1, -0.05) is 179 Å². The second kappa shape index (κ2) is 15.6. The molecule has 0 saturated heterocycles. The maximum atomic E-state index is 4.02. The Morgan fingerprint density at radius 3 is 1.77 bits per heavy atom. The van der Waals surface area contributed by atoms with Crippen LogP contribution in [0.25, 0.3) is 61.2 Å². The maximum Gasteiger partial charge on any atom is 0.0622 e. The van der Waals surface area contributed by atoms with Crippen LogP contribution >= 0.6 is 0 Å². The van der Waals surface area contributed by atoms with Crippen LogP contribution in [0.2, 0.25) is 0 Å². The lowest BCUT2D eigenvalue weighted by Gasteiger charge is -2.28. The normalized spacial score (nSPS) is 14.0. The van der Waals surface area contributed by atoms with Crippen LogP contribution in [-0.4, -0.2) is 4.57 Å². The second-order valence-corrected chi connectivity index (χ2v) is 16.5. The summed E-state index contributed by atoms with van der Waals surface area (Å²) < 4.78 is 2.48. The molecule has 0 bridgehead atoms. The maximum absolute atomic E-state index is 4.02. The molecule has 61 heavy (non-hydrogen) atoms. The zero-order valence-electron chi connectivity index (χ0n) is 34.9. The fourth-order valence-corrected chi connectivity index (χ4v) is 9.56. The van der Waals surface area contributed by atoms with Gasteiger partial charge in [-0.2, -0.15) is 0 Å². The van der Waals surface area contributed by atoms with Crippen LogP contribution in [0.4, 0.5) is 17.1 Å². The Hall–Kier alpha value is -7.42. The van der Waals surface area contributed by atoms with E-state index in [2.05, 4.69) is 225 Å². The van der Waals surface area contributed by atoms with E-state index in [0.717, 1.165) is 46.7 Å². The molecule has 0 saturated carbocycles. The van der Waals surface area contributed by atoms with E-state index in [1.165, 1.54) is 66.7 Å². The van der Waals surface area contributed by atoms with Crippen LogP contribution in [0, 0.1) is 0 Å². The van der Waals surface area contributed by atoms with Crippen molar-refractivity contribution in [3.8, 4) is 39.2 Å². The number of nitrogens with zero attached hydrogens (tertiary/aromatic N) is 2. The van der Waals surface area contributed by atoms with Gasteiger partial charge in [0.1, 0.15) is 0 Å². The molecule has 1 heterocycles. The van der Waals surface area contributed by atoms with Gasteiger partial charge in [-0.25, -0.2) is 0 Å². The van der Waals surface area contributed by atoms with Crippen LogP contribution < -0.4 is 4.90 Å². The Labute approximate surface area is 360 Å². The fraction of sp³-hybridized carbons (Fsp3) is 0.0847. The summed E-state index contributed by atoms with van der Waals surface area (Å²) in [5, 5.41) is 1.27. The number of benzene rings is 7. The van der Waals surface area contributed by atoms with Crippen molar-refractivity contribution >= 4 is 39.1 Å². The van der Waals surface area contributed by atoms with Crippen molar-refractivity contribution in [3.63, 3.8) is 0 Å². The summed E-state index contributed by atoms with van der Waals surface area (Å²) >= 11 is 0. The molecule has 0 radical (unpaired) electrons. The average Bonchev–Trinajstić information content (AvgIpc) is 3.63. The third-order valence-corrected chi connectivity index (χ3v) is 12.6. The SMILES string of the molecule is C=C/C=C(\C=C)c1ccc(N(c2ccc(C3=CCCC=C3)cc2)c2ccc(-c3ccc(-n4c5c(c6ccccc64)-c4ccccc4C(C)(C)c4ccccc4-5)cc3)cc2)cc1. The number of allylic oxidation sites excluding steroid dienone is 8. The first-order chi connectivity index (χ1) is 29.9. The third-order valence-electron chi connectivity index (χ3n) is 12.6. The molecule has 0 unspecified atom stereocenters. The molecule has 0 N–H and O–H groups in total. The van der Waals surface area contributed by atoms with Crippen molar-refractivity contribution in [1.82, 2.24) is 4.57 Å². The van der Waals surface area contributed by atoms with E-state index in [9.17, 15) is 0 Å². The van der Waals surface area contributed by atoms with Gasteiger partial charge >= 0.3 is 0 Å². The highest BCUT2D eigenvalue weighted by Crippen LogP contribution is 2.52. The third kappa shape index (κ3) is 6.62. The quantitative estimate of drug-likeness (QED) is 0.132. The van der Waals surface area contributed by atoms with Crippen molar-refractivity contribution in [2.24, 2.45) is 0 Å². The molecular weight excluding hydrogens is 737 g/mol. The van der Waals surface area contributed by atoms with Crippen LogP contribution in [0.1, 0.15) is 48.9 Å². The monoisotopic (exact) mass is 784 g/mol. The summed E-state index contributed by atoms with van der Waals surface area (Å²) in [5.41, 5.74) is 20.3. The predicted octanol–water partition coefficient (Wildman–Crippen LogP) is 16.2. The first-order valence-corrected chi connectivity index (χ1v) is 21.3. The van der Waals surface area contributed by atoms with Gasteiger partial charge < -0.3 is 9.47 Å².